The van der Waals surface area contributed by atoms with E-state index in [2.05, 4.69) is 10.5 Å². The summed E-state index contributed by atoms with van der Waals surface area (Å²) in [6, 6.07) is 9.05. The Labute approximate surface area is 126 Å². The molecule has 1 aromatic heterocycles. The van der Waals surface area contributed by atoms with Gasteiger partial charge in [0.1, 0.15) is 13.2 Å². The summed E-state index contributed by atoms with van der Waals surface area (Å²) >= 11 is 1.62. The maximum Gasteiger partial charge on any atom is 0.271 e. The molecule has 108 valence electrons. The Hall–Kier alpha value is -2.34. The van der Waals surface area contributed by atoms with Crippen molar-refractivity contribution in [1.82, 2.24) is 5.43 Å². The van der Waals surface area contributed by atoms with Crippen molar-refractivity contribution in [2.45, 2.75) is 6.92 Å². The van der Waals surface area contributed by atoms with Crippen LogP contribution >= 0.6 is 11.3 Å². The molecule has 0 fully saturated rings. The van der Waals surface area contributed by atoms with E-state index in [4.69, 9.17) is 9.47 Å². The van der Waals surface area contributed by atoms with Crippen molar-refractivity contribution in [3.05, 3.63) is 45.6 Å². The molecule has 0 radical (unpaired) electrons. The number of hydrogen-bond acceptors (Lipinski definition) is 5. The van der Waals surface area contributed by atoms with Gasteiger partial charge in [-0.15, -0.1) is 11.3 Å². The van der Waals surface area contributed by atoms with Gasteiger partial charge in [0.25, 0.3) is 5.91 Å². The number of carbonyl (C=O) groups is 1. The summed E-state index contributed by atoms with van der Waals surface area (Å²) in [7, 11) is 0. The monoisotopic (exact) mass is 302 g/mol. The summed E-state index contributed by atoms with van der Waals surface area (Å²) in [6.45, 7) is 3.05. The predicted octanol–water partition coefficient (Wildman–Crippen LogP) is 2.59. The van der Waals surface area contributed by atoms with E-state index in [1.807, 2.05) is 19.1 Å². The Balaban J connectivity index is 1.66. The Morgan fingerprint density at radius 3 is 2.81 bits per heavy atom. The molecule has 5 nitrogen and oxygen atoms in total. The number of fused-ring (bicyclic) bond motifs is 1. The standard InChI is InChI=1S/C15H14N2O3S/c1-10-2-4-12(21-10)9-16-17-15(18)11-3-5-13-14(8-11)20-7-6-19-13/h2-5,8-9H,6-7H2,1H3,(H,17,18)/b16-9-. The smallest absolute Gasteiger partial charge is 0.271 e. The van der Waals surface area contributed by atoms with E-state index < -0.39 is 0 Å². The lowest BCUT2D eigenvalue weighted by atomic mass is 10.2. The third kappa shape index (κ3) is 3.22. The van der Waals surface area contributed by atoms with E-state index >= 15 is 0 Å². The number of nitrogens with one attached hydrogen (secondary N) is 1. The Morgan fingerprint density at radius 1 is 1.24 bits per heavy atom. The molecular weight excluding hydrogens is 288 g/mol. The number of aryl methyl sites for hydroxylation is 1. The van der Waals surface area contributed by atoms with Gasteiger partial charge in [0.05, 0.1) is 6.21 Å². The van der Waals surface area contributed by atoms with Gasteiger partial charge in [0.2, 0.25) is 0 Å². The van der Waals surface area contributed by atoms with Crippen LogP contribution in [0.1, 0.15) is 20.1 Å². The van der Waals surface area contributed by atoms with Crippen molar-refractivity contribution in [3.8, 4) is 11.5 Å². The van der Waals surface area contributed by atoms with Crippen LogP contribution in [0.15, 0.2) is 35.4 Å². The summed E-state index contributed by atoms with van der Waals surface area (Å²) in [4.78, 5) is 14.2. The zero-order valence-corrected chi connectivity index (χ0v) is 12.3. The summed E-state index contributed by atoms with van der Waals surface area (Å²) in [5.41, 5.74) is 2.99. The SMILES string of the molecule is Cc1ccc(/C=N\NC(=O)c2ccc3c(c2)OCCO3)s1. The molecule has 0 bridgehead atoms. The molecule has 0 unspecified atom stereocenters. The first-order chi connectivity index (χ1) is 10.2. The molecule has 21 heavy (non-hydrogen) atoms. The molecule has 6 heteroatoms. The van der Waals surface area contributed by atoms with Gasteiger partial charge in [0, 0.05) is 15.3 Å². The van der Waals surface area contributed by atoms with Crippen molar-refractivity contribution in [2.75, 3.05) is 13.2 Å². The zero-order valence-electron chi connectivity index (χ0n) is 11.5. The molecule has 1 aromatic carbocycles. The molecule has 0 saturated carbocycles. The lowest BCUT2D eigenvalue weighted by molar-refractivity contribution is 0.0954. The van der Waals surface area contributed by atoms with Crippen molar-refractivity contribution in [3.63, 3.8) is 0 Å². The number of benzene rings is 1. The fraction of sp³-hybridized carbons (Fsp3) is 0.200. The Morgan fingerprint density at radius 2 is 2.05 bits per heavy atom. The Bertz CT molecular complexity index is 694. The molecule has 3 rings (SSSR count). The van der Waals surface area contributed by atoms with Crippen molar-refractivity contribution in [2.24, 2.45) is 5.10 Å². The van der Waals surface area contributed by atoms with E-state index in [1.54, 1.807) is 35.8 Å². The first-order valence-corrected chi connectivity index (χ1v) is 7.33. The maximum atomic E-state index is 12.0. The van der Waals surface area contributed by atoms with Crippen LogP contribution in [0.2, 0.25) is 0 Å². The van der Waals surface area contributed by atoms with Crippen LogP contribution < -0.4 is 14.9 Å². The summed E-state index contributed by atoms with van der Waals surface area (Å²) < 4.78 is 10.9. The fourth-order valence-electron chi connectivity index (χ4n) is 1.93. The number of carbonyl (C=O) groups excluding carboxylic acids is 1. The molecular formula is C15H14N2O3S. The third-order valence-corrected chi connectivity index (χ3v) is 3.86. The molecule has 1 aliphatic heterocycles. The molecule has 2 heterocycles. The van der Waals surface area contributed by atoms with Gasteiger partial charge < -0.3 is 9.47 Å². The number of thiophene rings is 1. The topological polar surface area (TPSA) is 59.9 Å². The number of amides is 1. The average Bonchev–Trinajstić information content (AvgIpc) is 2.92. The van der Waals surface area contributed by atoms with Crippen LogP contribution in [0.3, 0.4) is 0 Å². The van der Waals surface area contributed by atoms with Crippen LogP contribution in [-0.2, 0) is 0 Å². The van der Waals surface area contributed by atoms with Crippen LogP contribution in [0.4, 0.5) is 0 Å². The molecule has 0 spiro atoms. The van der Waals surface area contributed by atoms with Crippen molar-refractivity contribution in [1.29, 1.82) is 0 Å². The largest absolute Gasteiger partial charge is 0.486 e. The van der Waals surface area contributed by atoms with E-state index in [1.165, 1.54) is 4.88 Å². The van der Waals surface area contributed by atoms with Crippen molar-refractivity contribution >= 4 is 23.5 Å². The number of nitrogens with zero attached hydrogens (tertiary/aromatic N) is 1. The van der Waals surface area contributed by atoms with Gasteiger partial charge in [-0.1, -0.05) is 0 Å². The summed E-state index contributed by atoms with van der Waals surface area (Å²) in [5, 5.41) is 3.96. The van der Waals surface area contributed by atoms with Crippen LogP contribution in [0, 0.1) is 6.92 Å². The van der Waals surface area contributed by atoms with Gasteiger partial charge in [-0.05, 0) is 37.3 Å². The summed E-state index contributed by atoms with van der Waals surface area (Å²) in [6.07, 6.45) is 1.63. The highest BCUT2D eigenvalue weighted by Gasteiger charge is 2.14. The molecule has 1 aliphatic rings. The van der Waals surface area contributed by atoms with Gasteiger partial charge in [0.15, 0.2) is 11.5 Å². The average molecular weight is 302 g/mol. The molecule has 1 amide bonds. The van der Waals surface area contributed by atoms with E-state index in [0.717, 1.165) is 4.88 Å². The molecule has 2 aromatic rings. The maximum absolute atomic E-state index is 12.0. The first kappa shape index (κ1) is 13.6. The minimum Gasteiger partial charge on any atom is -0.486 e. The van der Waals surface area contributed by atoms with Gasteiger partial charge >= 0.3 is 0 Å². The minimum absolute atomic E-state index is 0.281. The molecule has 0 saturated heterocycles. The third-order valence-electron chi connectivity index (χ3n) is 2.92. The second-order valence-electron chi connectivity index (χ2n) is 4.51. The van der Waals surface area contributed by atoms with Crippen LogP contribution in [-0.4, -0.2) is 25.3 Å². The zero-order chi connectivity index (χ0) is 14.7. The quantitative estimate of drug-likeness (QED) is 0.700. The molecule has 0 atom stereocenters. The van der Waals surface area contributed by atoms with Gasteiger partial charge in [-0.2, -0.15) is 5.10 Å². The highest BCUT2D eigenvalue weighted by molar-refractivity contribution is 7.13. The highest BCUT2D eigenvalue weighted by atomic mass is 32.1. The van der Waals surface area contributed by atoms with Gasteiger partial charge in [-0.25, -0.2) is 5.43 Å². The minimum atomic E-state index is -0.281. The molecule has 0 aliphatic carbocycles. The lowest BCUT2D eigenvalue weighted by Crippen LogP contribution is -2.19. The highest BCUT2D eigenvalue weighted by Crippen LogP contribution is 2.30. The Kier molecular flexibility index (Phi) is 3.87. The van der Waals surface area contributed by atoms with E-state index in [9.17, 15) is 4.79 Å². The summed E-state index contributed by atoms with van der Waals surface area (Å²) in [5.74, 6) is 0.971. The normalized spacial score (nSPS) is 13.4. The number of hydrogen-bond donors (Lipinski definition) is 1. The number of rotatable bonds is 3. The van der Waals surface area contributed by atoms with Crippen LogP contribution in [0.25, 0.3) is 0 Å². The fourth-order valence-corrected chi connectivity index (χ4v) is 2.68. The first-order valence-electron chi connectivity index (χ1n) is 6.52. The van der Waals surface area contributed by atoms with Crippen LogP contribution in [0.5, 0.6) is 11.5 Å². The van der Waals surface area contributed by atoms with E-state index in [-0.39, 0.29) is 5.91 Å². The predicted molar refractivity (Wildman–Crippen MR) is 81.5 cm³/mol. The lowest BCUT2D eigenvalue weighted by Gasteiger charge is -2.18. The van der Waals surface area contributed by atoms with Crippen molar-refractivity contribution < 1.29 is 14.3 Å². The molecule has 1 N–H and O–H groups in total. The number of ether oxygens (including phenoxy) is 2. The second kappa shape index (κ2) is 5.97. The van der Waals surface area contributed by atoms with Gasteiger partial charge in [-0.3, -0.25) is 4.79 Å². The van der Waals surface area contributed by atoms with E-state index in [0.29, 0.717) is 30.3 Å². The number of hydrazone groups is 1. The second-order valence-corrected chi connectivity index (χ2v) is 5.83.